The Morgan fingerprint density at radius 3 is 2.19 bits per heavy atom. The summed E-state index contributed by atoms with van der Waals surface area (Å²) >= 11 is 5.88. The van der Waals surface area contributed by atoms with E-state index in [9.17, 15) is 9.59 Å². The lowest BCUT2D eigenvalue weighted by Crippen LogP contribution is -2.46. The van der Waals surface area contributed by atoms with Gasteiger partial charge in [-0.2, -0.15) is 0 Å². The molecule has 0 radical (unpaired) electrons. The maximum Gasteiger partial charge on any atom is 0.253 e. The molecule has 8 heteroatoms. The van der Waals surface area contributed by atoms with Crippen LogP contribution in [0.2, 0.25) is 5.02 Å². The zero-order valence-electron chi connectivity index (χ0n) is 17.6. The van der Waals surface area contributed by atoms with Crippen LogP contribution in [0.15, 0.2) is 60.7 Å². The van der Waals surface area contributed by atoms with Crippen LogP contribution in [0.5, 0.6) is 5.88 Å². The van der Waals surface area contributed by atoms with Gasteiger partial charge in [-0.05, 0) is 55.3 Å². The number of hydrogen-bond donors (Lipinski definition) is 1. The summed E-state index contributed by atoms with van der Waals surface area (Å²) < 4.78 is 5.03. The third-order valence-electron chi connectivity index (χ3n) is 5.50. The Labute approximate surface area is 191 Å². The molecule has 0 atom stereocenters. The van der Waals surface area contributed by atoms with Crippen LogP contribution in [0.3, 0.4) is 0 Å². The molecule has 0 unspecified atom stereocenters. The van der Waals surface area contributed by atoms with E-state index in [1.807, 2.05) is 23.1 Å². The van der Waals surface area contributed by atoms with E-state index in [1.54, 1.807) is 49.6 Å². The van der Waals surface area contributed by atoms with E-state index in [4.69, 9.17) is 16.3 Å². The van der Waals surface area contributed by atoms with Gasteiger partial charge in [0.2, 0.25) is 5.88 Å². The number of rotatable bonds is 5. The summed E-state index contributed by atoms with van der Waals surface area (Å²) in [5.41, 5.74) is 2.79. The Balaban J connectivity index is 1.31. The van der Waals surface area contributed by atoms with Crippen LogP contribution >= 0.6 is 11.6 Å². The molecule has 1 N–H and O–H groups in total. The smallest absolute Gasteiger partial charge is 0.253 e. The van der Waals surface area contributed by atoms with Crippen molar-refractivity contribution in [3.8, 4) is 17.1 Å². The number of methoxy groups -OCH3 is 1. The fraction of sp³-hybridized carbons (Fsp3) is 0.250. The summed E-state index contributed by atoms with van der Waals surface area (Å²) in [4.78, 5) is 27.1. The highest BCUT2D eigenvalue weighted by Gasteiger charge is 2.25. The molecule has 1 saturated heterocycles. The van der Waals surface area contributed by atoms with Gasteiger partial charge in [0.05, 0.1) is 12.8 Å². The van der Waals surface area contributed by atoms with Crippen molar-refractivity contribution in [3.63, 3.8) is 0 Å². The number of hydrogen-bond acceptors (Lipinski definition) is 5. The van der Waals surface area contributed by atoms with Gasteiger partial charge in [-0.3, -0.25) is 9.59 Å². The number of nitrogens with one attached hydrogen (secondary N) is 1. The fourth-order valence-corrected chi connectivity index (χ4v) is 3.77. The van der Waals surface area contributed by atoms with Crippen LogP contribution in [0.25, 0.3) is 11.3 Å². The van der Waals surface area contributed by atoms with Crippen LogP contribution in [0.1, 0.15) is 33.6 Å². The molecule has 2 heterocycles. The number of aromatic nitrogens is 2. The predicted molar refractivity (Wildman–Crippen MR) is 122 cm³/mol. The van der Waals surface area contributed by atoms with Crippen molar-refractivity contribution in [1.82, 2.24) is 20.4 Å². The number of carbonyl (C=O) groups is 2. The number of ether oxygens (including phenoxy) is 1. The summed E-state index contributed by atoms with van der Waals surface area (Å²) in [6, 6.07) is 17.8. The van der Waals surface area contributed by atoms with Gasteiger partial charge < -0.3 is 15.0 Å². The molecule has 0 bridgehead atoms. The normalized spacial score (nSPS) is 14.1. The average Bonchev–Trinajstić information content (AvgIpc) is 2.84. The molecule has 164 valence electrons. The summed E-state index contributed by atoms with van der Waals surface area (Å²) in [6.07, 6.45) is 1.43. The Bertz CT molecular complexity index is 1080. The molecular formula is C24H23ClN4O3. The molecular weight excluding hydrogens is 428 g/mol. The van der Waals surface area contributed by atoms with Gasteiger partial charge in [-0.25, -0.2) is 0 Å². The second-order valence-corrected chi connectivity index (χ2v) is 8.02. The fourth-order valence-electron chi connectivity index (χ4n) is 3.65. The van der Waals surface area contributed by atoms with E-state index < -0.39 is 0 Å². The summed E-state index contributed by atoms with van der Waals surface area (Å²) in [6.45, 7) is 1.19. The van der Waals surface area contributed by atoms with Gasteiger partial charge >= 0.3 is 0 Å². The van der Waals surface area contributed by atoms with Crippen LogP contribution in [-0.2, 0) is 0 Å². The minimum Gasteiger partial charge on any atom is -0.480 e. The first-order valence-electron chi connectivity index (χ1n) is 10.4. The molecule has 1 aliphatic heterocycles. The van der Waals surface area contributed by atoms with E-state index in [1.165, 1.54) is 0 Å². The van der Waals surface area contributed by atoms with Crippen LogP contribution < -0.4 is 10.1 Å². The van der Waals surface area contributed by atoms with Crippen molar-refractivity contribution < 1.29 is 14.3 Å². The molecule has 1 aromatic heterocycles. The minimum absolute atomic E-state index is 0.0140. The predicted octanol–water partition coefficient (Wildman–Crippen LogP) is 3.84. The van der Waals surface area contributed by atoms with Gasteiger partial charge in [0.15, 0.2) is 0 Å². The largest absolute Gasteiger partial charge is 0.480 e. The third-order valence-corrected chi connectivity index (χ3v) is 5.75. The number of piperidine rings is 1. The van der Waals surface area contributed by atoms with E-state index in [2.05, 4.69) is 15.5 Å². The average molecular weight is 451 g/mol. The van der Waals surface area contributed by atoms with Crippen molar-refractivity contribution in [1.29, 1.82) is 0 Å². The molecule has 0 saturated carbocycles. The molecule has 0 aliphatic carbocycles. The maximum atomic E-state index is 12.9. The summed E-state index contributed by atoms with van der Waals surface area (Å²) in [7, 11) is 1.54. The molecule has 2 amide bonds. The van der Waals surface area contributed by atoms with Gasteiger partial charge in [-0.15, -0.1) is 10.2 Å². The highest BCUT2D eigenvalue weighted by atomic mass is 35.5. The van der Waals surface area contributed by atoms with Crippen LogP contribution in [0.4, 0.5) is 0 Å². The van der Waals surface area contributed by atoms with Crippen molar-refractivity contribution in [2.24, 2.45) is 0 Å². The van der Waals surface area contributed by atoms with E-state index in [0.29, 0.717) is 53.7 Å². The monoisotopic (exact) mass is 450 g/mol. The van der Waals surface area contributed by atoms with E-state index in [0.717, 1.165) is 5.56 Å². The van der Waals surface area contributed by atoms with Crippen molar-refractivity contribution in [2.75, 3.05) is 20.2 Å². The zero-order chi connectivity index (χ0) is 22.5. The number of carbonyl (C=O) groups excluding carboxylic acids is 2. The first-order valence-corrected chi connectivity index (χ1v) is 10.7. The number of halogens is 1. The lowest BCUT2D eigenvalue weighted by atomic mass is 10.0. The topological polar surface area (TPSA) is 84.4 Å². The van der Waals surface area contributed by atoms with Crippen molar-refractivity contribution in [2.45, 2.75) is 18.9 Å². The lowest BCUT2D eigenvalue weighted by Gasteiger charge is -2.32. The second-order valence-electron chi connectivity index (χ2n) is 7.59. The number of nitrogens with zero attached hydrogens (tertiary/aromatic N) is 3. The number of likely N-dealkylation sites (tertiary alicyclic amines) is 1. The van der Waals surface area contributed by atoms with Gasteiger partial charge in [0, 0.05) is 46.9 Å². The molecule has 1 aliphatic rings. The van der Waals surface area contributed by atoms with Gasteiger partial charge in [0.1, 0.15) is 0 Å². The highest BCUT2D eigenvalue weighted by Crippen LogP contribution is 2.20. The quantitative estimate of drug-likeness (QED) is 0.638. The highest BCUT2D eigenvalue weighted by molar-refractivity contribution is 6.30. The Morgan fingerprint density at radius 1 is 0.938 bits per heavy atom. The van der Waals surface area contributed by atoms with E-state index in [-0.39, 0.29) is 17.9 Å². The number of benzene rings is 2. The third kappa shape index (κ3) is 5.06. The van der Waals surface area contributed by atoms with Crippen molar-refractivity contribution >= 4 is 23.4 Å². The minimum atomic E-state index is -0.122. The summed E-state index contributed by atoms with van der Waals surface area (Å²) in [5, 5.41) is 11.7. The zero-order valence-corrected chi connectivity index (χ0v) is 18.4. The number of amides is 2. The van der Waals surface area contributed by atoms with E-state index >= 15 is 0 Å². The van der Waals surface area contributed by atoms with Gasteiger partial charge in [-0.1, -0.05) is 23.7 Å². The summed E-state index contributed by atoms with van der Waals surface area (Å²) in [5.74, 6) is 0.316. The Hall–Kier alpha value is -3.45. The SMILES string of the molecule is COc1ccc(-c2ccc(C(=O)N3CCC(NC(=O)c4ccc(Cl)cc4)CC3)cc2)nn1. The second kappa shape index (κ2) is 9.78. The maximum absolute atomic E-state index is 12.9. The standard InChI is InChI=1S/C24H23ClN4O3/c1-32-22-11-10-21(27-28-22)16-2-4-18(5-3-16)24(31)29-14-12-20(13-15-29)26-23(30)17-6-8-19(25)9-7-17/h2-11,20H,12-15H2,1H3,(H,26,30). The molecule has 3 aromatic rings. The molecule has 7 nitrogen and oxygen atoms in total. The van der Waals surface area contributed by atoms with Crippen LogP contribution in [-0.4, -0.2) is 53.2 Å². The Kier molecular flexibility index (Phi) is 6.66. The first-order chi connectivity index (χ1) is 15.5. The molecule has 32 heavy (non-hydrogen) atoms. The molecule has 2 aromatic carbocycles. The van der Waals surface area contributed by atoms with Crippen molar-refractivity contribution in [3.05, 3.63) is 76.8 Å². The van der Waals surface area contributed by atoms with Crippen LogP contribution in [0, 0.1) is 0 Å². The van der Waals surface area contributed by atoms with Gasteiger partial charge in [0.25, 0.3) is 11.8 Å². The molecule has 1 fully saturated rings. The Morgan fingerprint density at radius 2 is 1.59 bits per heavy atom. The lowest BCUT2D eigenvalue weighted by molar-refractivity contribution is 0.0698. The first kappa shape index (κ1) is 21.8. The molecule has 0 spiro atoms. The molecule has 4 rings (SSSR count).